The largest absolute Gasteiger partial charge is 0.366 e. The van der Waals surface area contributed by atoms with E-state index in [2.05, 4.69) is 23.5 Å². The molecule has 0 aromatic heterocycles. The van der Waals surface area contributed by atoms with Crippen LogP contribution in [0.4, 0.5) is 10.1 Å². The number of rotatable bonds is 3. The molecule has 0 aliphatic carbocycles. The molecule has 108 valence electrons. The molecule has 21 heavy (non-hydrogen) atoms. The monoisotopic (exact) mass is 282 g/mol. The van der Waals surface area contributed by atoms with E-state index >= 15 is 0 Å². The molecular formula is C18H19FN2. The van der Waals surface area contributed by atoms with Crippen molar-refractivity contribution in [2.45, 2.75) is 33.7 Å². The third-order valence-electron chi connectivity index (χ3n) is 3.51. The minimum Gasteiger partial charge on any atom is -0.366 e. The maximum atomic E-state index is 13.5. The van der Waals surface area contributed by atoms with Crippen LogP contribution in [0.3, 0.4) is 0 Å². The smallest absolute Gasteiger partial charge is 0.140 e. The number of nitrogens with zero attached hydrogens (tertiary/aromatic N) is 1. The molecule has 0 saturated heterocycles. The fourth-order valence-corrected chi connectivity index (χ4v) is 2.80. The van der Waals surface area contributed by atoms with Crippen LogP contribution >= 0.6 is 0 Å². The van der Waals surface area contributed by atoms with Gasteiger partial charge in [0.25, 0.3) is 0 Å². The second-order valence-corrected chi connectivity index (χ2v) is 5.54. The minimum absolute atomic E-state index is 0.300. The predicted octanol–water partition coefficient (Wildman–Crippen LogP) is 4.74. The molecule has 2 nitrogen and oxygen atoms in total. The molecule has 0 saturated carbocycles. The van der Waals surface area contributed by atoms with Crippen molar-refractivity contribution in [2.75, 3.05) is 5.32 Å². The Morgan fingerprint density at radius 2 is 1.52 bits per heavy atom. The fourth-order valence-electron chi connectivity index (χ4n) is 2.80. The third kappa shape index (κ3) is 3.41. The van der Waals surface area contributed by atoms with E-state index < -0.39 is 6.04 Å². The normalized spacial score (nSPS) is 11.8. The number of hydrogen-bond acceptors (Lipinski definition) is 2. The first-order valence-corrected chi connectivity index (χ1v) is 6.92. The minimum atomic E-state index is -0.494. The van der Waals surface area contributed by atoms with Gasteiger partial charge in [0, 0.05) is 5.69 Å². The molecular weight excluding hydrogens is 263 g/mol. The Morgan fingerprint density at radius 1 is 0.952 bits per heavy atom. The van der Waals surface area contributed by atoms with E-state index in [1.54, 1.807) is 0 Å². The van der Waals surface area contributed by atoms with Crippen molar-refractivity contribution in [2.24, 2.45) is 0 Å². The van der Waals surface area contributed by atoms with Crippen LogP contribution in [0.15, 0.2) is 30.3 Å². The van der Waals surface area contributed by atoms with Gasteiger partial charge in [-0.1, -0.05) is 17.7 Å². The lowest BCUT2D eigenvalue weighted by atomic mass is 9.94. The van der Waals surface area contributed by atoms with Crippen LogP contribution in [-0.4, -0.2) is 0 Å². The molecule has 2 aromatic carbocycles. The van der Waals surface area contributed by atoms with E-state index in [4.69, 9.17) is 0 Å². The van der Waals surface area contributed by atoms with E-state index in [1.807, 2.05) is 33.8 Å². The molecule has 0 heterocycles. The summed E-state index contributed by atoms with van der Waals surface area (Å²) in [5.74, 6) is -0.300. The van der Waals surface area contributed by atoms with Crippen molar-refractivity contribution < 1.29 is 4.39 Å². The van der Waals surface area contributed by atoms with E-state index in [0.29, 0.717) is 5.69 Å². The van der Waals surface area contributed by atoms with Crippen molar-refractivity contribution >= 4 is 5.69 Å². The van der Waals surface area contributed by atoms with Gasteiger partial charge in [0.05, 0.1) is 6.07 Å². The van der Waals surface area contributed by atoms with Crippen LogP contribution in [0, 0.1) is 44.8 Å². The molecule has 0 amide bonds. The van der Waals surface area contributed by atoms with Crippen LogP contribution in [0.25, 0.3) is 0 Å². The lowest BCUT2D eigenvalue weighted by molar-refractivity contribution is 0.627. The van der Waals surface area contributed by atoms with E-state index in [9.17, 15) is 9.65 Å². The first-order chi connectivity index (χ1) is 9.90. The summed E-state index contributed by atoms with van der Waals surface area (Å²) in [6, 6.07) is 10.6. The number of anilines is 1. The topological polar surface area (TPSA) is 35.8 Å². The van der Waals surface area contributed by atoms with Crippen molar-refractivity contribution in [1.29, 1.82) is 5.26 Å². The predicted molar refractivity (Wildman–Crippen MR) is 83.8 cm³/mol. The summed E-state index contributed by atoms with van der Waals surface area (Å²) in [6.45, 7) is 7.86. The van der Waals surface area contributed by atoms with E-state index in [1.165, 1.54) is 17.7 Å². The molecule has 2 aromatic rings. The summed E-state index contributed by atoms with van der Waals surface area (Å²) in [7, 11) is 0. The quantitative estimate of drug-likeness (QED) is 0.883. The SMILES string of the molecule is Cc1cc(F)cc(NC(C#N)c2c(C)cc(C)cc2C)c1. The highest BCUT2D eigenvalue weighted by Crippen LogP contribution is 2.27. The molecule has 1 atom stereocenters. The molecule has 2 rings (SSSR count). The van der Waals surface area contributed by atoms with Gasteiger partial charge in [0.15, 0.2) is 0 Å². The first-order valence-electron chi connectivity index (χ1n) is 6.92. The first kappa shape index (κ1) is 15.1. The zero-order valence-electron chi connectivity index (χ0n) is 12.8. The van der Waals surface area contributed by atoms with Crippen molar-refractivity contribution in [3.8, 4) is 6.07 Å². The Labute approximate surface area is 125 Å². The van der Waals surface area contributed by atoms with Gasteiger partial charge in [-0.25, -0.2) is 4.39 Å². The number of halogens is 1. The molecule has 0 fully saturated rings. The third-order valence-corrected chi connectivity index (χ3v) is 3.51. The molecule has 3 heteroatoms. The van der Waals surface area contributed by atoms with Crippen LogP contribution in [-0.2, 0) is 0 Å². The van der Waals surface area contributed by atoms with Crippen molar-refractivity contribution in [3.63, 3.8) is 0 Å². The zero-order chi connectivity index (χ0) is 15.6. The Kier molecular flexibility index (Phi) is 4.28. The van der Waals surface area contributed by atoms with Gasteiger partial charge in [-0.3, -0.25) is 0 Å². The van der Waals surface area contributed by atoms with E-state index in [-0.39, 0.29) is 5.82 Å². The van der Waals surface area contributed by atoms with Gasteiger partial charge in [-0.05, 0) is 68.1 Å². The summed E-state index contributed by atoms with van der Waals surface area (Å²) in [4.78, 5) is 0. The number of nitriles is 1. The summed E-state index contributed by atoms with van der Waals surface area (Å²) in [5, 5.41) is 12.6. The standard InChI is InChI=1S/C18H19FN2/c1-11-5-13(3)18(14(4)6-11)17(10-20)21-16-8-12(2)7-15(19)9-16/h5-9,17,21H,1-4H3. The highest BCUT2D eigenvalue weighted by Gasteiger charge is 2.16. The molecule has 0 bridgehead atoms. The van der Waals surface area contributed by atoms with Crippen molar-refractivity contribution in [1.82, 2.24) is 0 Å². The Balaban J connectivity index is 2.39. The maximum Gasteiger partial charge on any atom is 0.140 e. The molecule has 0 aliphatic heterocycles. The molecule has 0 aliphatic rings. The van der Waals surface area contributed by atoms with Crippen LogP contribution in [0.5, 0.6) is 0 Å². The average molecular weight is 282 g/mol. The van der Waals surface area contributed by atoms with Crippen LogP contribution in [0.2, 0.25) is 0 Å². The van der Waals surface area contributed by atoms with Gasteiger partial charge in [-0.2, -0.15) is 5.26 Å². The molecule has 0 spiro atoms. The number of nitrogens with one attached hydrogen (secondary N) is 1. The summed E-state index contributed by atoms with van der Waals surface area (Å²) in [6.07, 6.45) is 0. The molecule has 0 radical (unpaired) electrons. The van der Waals surface area contributed by atoms with E-state index in [0.717, 1.165) is 22.3 Å². The van der Waals surface area contributed by atoms with Gasteiger partial charge in [0.1, 0.15) is 11.9 Å². The van der Waals surface area contributed by atoms with Crippen LogP contribution in [0.1, 0.15) is 33.9 Å². The van der Waals surface area contributed by atoms with Crippen molar-refractivity contribution in [3.05, 3.63) is 64.0 Å². The second kappa shape index (κ2) is 5.97. The maximum absolute atomic E-state index is 13.5. The summed E-state index contributed by atoms with van der Waals surface area (Å²) in [5.41, 5.74) is 5.72. The lowest BCUT2D eigenvalue weighted by Crippen LogP contribution is -2.12. The lowest BCUT2D eigenvalue weighted by Gasteiger charge is -2.19. The van der Waals surface area contributed by atoms with Crippen LogP contribution < -0.4 is 5.32 Å². The highest BCUT2D eigenvalue weighted by molar-refractivity contribution is 5.52. The number of hydrogen-bond donors (Lipinski definition) is 1. The molecule has 1 unspecified atom stereocenters. The Hall–Kier alpha value is -2.34. The number of aryl methyl sites for hydroxylation is 4. The number of benzene rings is 2. The second-order valence-electron chi connectivity index (χ2n) is 5.54. The van der Waals surface area contributed by atoms with Gasteiger partial charge >= 0.3 is 0 Å². The summed E-state index contributed by atoms with van der Waals surface area (Å²) >= 11 is 0. The Bertz CT molecular complexity index is 670. The van der Waals surface area contributed by atoms with Gasteiger partial charge in [-0.15, -0.1) is 0 Å². The average Bonchev–Trinajstić information content (AvgIpc) is 2.35. The summed E-state index contributed by atoms with van der Waals surface area (Å²) < 4.78 is 13.5. The fraction of sp³-hybridized carbons (Fsp3) is 0.278. The highest BCUT2D eigenvalue weighted by atomic mass is 19.1. The van der Waals surface area contributed by atoms with Gasteiger partial charge in [0.2, 0.25) is 0 Å². The van der Waals surface area contributed by atoms with Gasteiger partial charge < -0.3 is 5.32 Å². The molecule has 1 N–H and O–H groups in total. The Morgan fingerprint density at radius 3 is 2.05 bits per heavy atom. The zero-order valence-corrected chi connectivity index (χ0v) is 12.8.